The fraction of sp³-hybridized carbons (Fsp3) is 0.154. The molecule has 1 N–H and O–H groups in total. The summed E-state index contributed by atoms with van der Waals surface area (Å²) in [5.41, 5.74) is 2.09. The second kappa shape index (κ2) is 10.4. The Balaban J connectivity index is 1.39. The SMILES string of the molecule is COc1cc(/C=C/C(=O)Oc2cccc(C(=O)NCc3ccccc3)c2)cc2c1OCCO2. The van der Waals surface area contributed by atoms with Crippen LogP contribution >= 0.6 is 0 Å². The molecule has 0 spiro atoms. The average Bonchev–Trinajstić information content (AvgIpc) is 2.86. The van der Waals surface area contributed by atoms with E-state index >= 15 is 0 Å². The molecule has 3 aromatic carbocycles. The van der Waals surface area contributed by atoms with E-state index in [2.05, 4.69) is 5.32 Å². The van der Waals surface area contributed by atoms with Crippen molar-refractivity contribution in [1.29, 1.82) is 0 Å². The fourth-order valence-corrected chi connectivity index (χ4v) is 3.29. The van der Waals surface area contributed by atoms with Crippen molar-refractivity contribution < 1.29 is 28.5 Å². The van der Waals surface area contributed by atoms with Gasteiger partial charge in [0.1, 0.15) is 19.0 Å². The number of amides is 1. The quantitative estimate of drug-likeness (QED) is 0.336. The Bertz CT molecular complexity index is 1160. The molecular weight excluding hydrogens is 422 g/mol. The highest BCUT2D eigenvalue weighted by Crippen LogP contribution is 2.40. The summed E-state index contributed by atoms with van der Waals surface area (Å²) in [7, 11) is 1.54. The highest BCUT2D eigenvalue weighted by atomic mass is 16.6. The summed E-state index contributed by atoms with van der Waals surface area (Å²) in [5, 5.41) is 2.85. The van der Waals surface area contributed by atoms with Crippen LogP contribution in [0.4, 0.5) is 0 Å². The number of ether oxygens (including phenoxy) is 4. The lowest BCUT2D eigenvalue weighted by Crippen LogP contribution is -2.22. The first kappa shape index (κ1) is 22.0. The molecule has 7 heteroatoms. The third-order valence-corrected chi connectivity index (χ3v) is 4.87. The van der Waals surface area contributed by atoms with Crippen LogP contribution in [0.15, 0.2) is 72.8 Å². The van der Waals surface area contributed by atoms with E-state index in [4.69, 9.17) is 18.9 Å². The molecule has 0 radical (unpaired) electrons. The number of carbonyl (C=O) groups is 2. The van der Waals surface area contributed by atoms with E-state index in [1.165, 1.54) is 12.1 Å². The minimum absolute atomic E-state index is 0.254. The second-order valence-corrected chi connectivity index (χ2v) is 7.20. The summed E-state index contributed by atoms with van der Waals surface area (Å²) >= 11 is 0. The van der Waals surface area contributed by atoms with Gasteiger partial charge in [-0.15, -0.1) is 0 Å². The van der Waals surface area contributed by atoms with E-state index in [0.717, 1.165) is 5.56 Å². The van der Waals surface area contributed by atoms with Gasteiger partial charge in [0.2, 0.25) is 5.75 Å². The molecule has 0 aliphatic carbocycles. The molecule has 33 heavy (non-hydrogen) atoms. The maximum Gasteiger partial charge on any atom is 0.336 e. The molecule has 3 aromatic rings. The third kappa shape index (κ3) is 5.71. The van der Waals surface area contributed by atoms with Crippen molar-refractivity contribution >= 4 is 18.0 Å². The Kier molecular flexibility index (Phi) is 6.90. The van der Waals surface area contributed by atoms with Crippen molar-refractivity contribution in [3.05, 3.63) is 89.5 Å². The molecule has 0 saturated carbocycles. The molecule has 0 atom stereocenters. The summed E-state index contributed by atoms with van der Waals surface area (Å²) in [4.78, 5) is 24.8. The van der Waals surface area contributed by atoms with E-state index in [1.807, 2.05) is 30.3 Å². The van der Waals surface area contributed by atoms with Gasteiger partial charge in [0.15, 0.2) is 11.5 Å². The van der Waals surface area contributed by atoms with Gasteiger partial charge in [0.25, 0.3) is 5.91 Å². The molecule has 0 unspecified atom stereocenters. The number of benzene rings is 3. The zero-order chi connectivity index (χ0) is 23.0. The van der Waals surface area contributed by atoms with Crippen molar-refractivity contribution in [2.45, 2.75) is 6.54 Å². The largest absolute Gasteiger partial charge is 0.493 e. The first-order valence-electron chi connectivity index (χ1n) is 10.4. The van der Waals surface area contributed by atoms with E-state index in [0.29, 0.717) is 48.1 Å². The van der Waals surface area contributed by atoms with Gasteiger partial charge >= 0.3 is 5.97 Å². The monoisotopic (exact) mass is 445 g/mol. The van der Waals surface area contributed by atoms with Crippen LogP contribution in [0.25, 0.3) is 6.08 Å². The van der Waals surface area contributed by atoms with Gasteiger partial charge in [-0.3, -0.25) is 4.79 Å². The van der Waals surface area contributed by atoms with Crippen LogP contribution in [0.2, 0.25) is 0 Å². The van der Waals surface area contributed by atoms with Crippen LogP contribution in [0.3, 0.4) is 0 Å². The molecule has 1 aliphatic heterocycles. The zero-order valence-corrected chi connectivity index (χ0v) is 18.1. The number of carbonyl (C=O) groups excluding carboxylic acids is 2. The van der Waals surface area contributed by atoms with Crippen LogP contribution in [0.5, 0.6) is 23.0 Å². The number of nitrogens with one attached hydrogen (secondary N) is 1. The maximum absolute atomic E-state index is 12.4. The smallest absolute Gasteiger partial charge is 0.336 e. The predicted molar refractivity (Wildman–Crippen MR) is 123 cm³/mol. The summed E-state index contributed by atoms with van der Waals surface area (Å²) in [6.45, 7) is 1.31. The van der Waals surface area contributed by atoms with Crippen molar-refractivity contribution in [3.63, 3.8) is 0 Å². The molecule has 7 nitrogen and oxygen atoms in total. The van der Waals surface area contributed by atoms with Crippen LogP contribution in [0.1, 0.15) is 21.5 Å². The van der Waals surface area contributed by atoms with Gasteiger partial charge < -0.3 is 24.3 Å². The maximum atomic E-state index is 12.4. The number of hydrogen-bond donors (Lipinski definition) is 1. The lowest BCUT2D eigenvalue weighted by atomic mass is 10.1. The number of fused-ring (bicyclic) bond motifs is 1. The molecule has 0 saturated heterocycles. The number of esters is 1. The second-order valence-electron chi connectivity index (χ2n) is 7.20. The van der Waals surface area contributed by atoms with Crippen LogP contribution in [-0.2, 0) is 11.3 Å². The Hall–Kier alpha value is -4.26. The predicted octanol–water partition coefficient (Wildman–Crippen LogP) is 4.02. The van der Waals surface area contributed by atoms with E-state index in [1.54, 1.807) is 43.5 Å². The molecule has 0 aromatic heterocycles. The molecule has 1 amide bonds. The number of methoxy groups -OCH3 is 1. The molecule has 0 bridgehead atoms. The highest BCUT2D eigenvalue weighted by Gasteiger charge is 2.18. The lowest BCUT2D eigenvalue weighted by Gasteiger charge is -2.20. The lowest BCUT2D eigenvalue weighted by molar-refractivity contribution is -0.128. The topological polar surface area (TPSA) is 83.1 Å². The number of hydrogen-bond acceptors (Lipinski definition) is 6. The van der Waals surface area contributed by atoms with E-state index in [9.17, 15) is 9.59 Å². The van der Waals surface area contributed by atoms with Crippen LogP contribution in [0, 0.1) is 0 Å². The van der Waals surface area contributed by atoms with Gasteiger partial charge in [0.05, 0.1) is 7.11 Å². The van der Waals surface area contributed by atoms with E-state index < -0.39 is 5.97 Å². The van der Waals surface area contributed by atoms with E-state index in [-0.39, 0.29) is 11.7 Å². The minimum atomic E-state index is -0.578. The van der Waals surface area contributed by atoms with Crippen molar-refractivity contribution in [3.8, 4) is 23.0 Å². The Morgan fingerprint density at radius 3 is 2.64 bits per heavy atom. The third-order valence-electron chi connectivity index (χ3n) is 4.87. The summed E-state index contributed by atoms with van der Waals surface area (Å²) in [5.74, 6) is 1.07. The summed E-state index contributed by atoms with van der Waals surface area (Å²) in [6.07, 6.45) is 2.90. The average molecular weight is 445 g/mol. The molecular formula is C26H23NO6. The Morgan fingerprint density at radius 1 is 1.00 bits per heavy atom. The van der Waals surface area contributed by atoms with Gasteiger partial charge in [0, 0.05) is 18.2 Å². The molecule has 4 rings (SSSR count). The number of rotatable bonds is 7. The molecule has 1 aliphatic rings. The van der Waals surface area contributed by atoms with Crippen molar-refractivity contribution in [2.24, 2.45) is 0 Å². The Morgan fingerprint density at radius 2 is 1.82 bits per heavy atom. The van der Waals surface area contributed by atoms with Crippen molar-refractivity contribution in [2.75, 3.05) is 20.3 Å². The van der Waals surface area contributed by atoms with Crippen LogP contribution in [-0.4, -0.2) is 32.2 Å². The first-order valence-corrected chi connectivity index (χ1v) is 10.4. The summed E-state index contributed by atoms with van der Waals surface area (Å²) in [6, 6.07) is 19.6. The molecule has 168 valence electrons. The fourth-order valence-electron chi connectivity index (χ4n) is 3.29. The van der Waals surface area contributed by atoms with Crippen LogP contribution < -0.4 is 24.3 Å². The molecule has 1 heterocycles. The molecule has 0 fully saturated rings. The van der Waals surface area contributed by atoms with Crippen molar-refractivity contribution in [1.82, 2.24) is 5.32 Å². The van der Waals surface area contributed by atoms with Gasteiger partial charge in [-0.25, -0.2) is 4.79 Å². The minimum Gasteiger partial charge on any atom is -0.493 e. The van der Waals surface area contributed by atoms with Gasteiger partial charge in [-0.2, -0.15) is 0 Å². The highest BCUT2D eigenvalue weighted by molar-refractivity contribution is 5.95. The van der Waals surface area contributed by atoms with Gasteiger partial charge in [-0.05, 0) is 47.5 Å². The first-order chi connectivity index (χ1) is 16.1. The van der Waals surface area contributed by atoms with Gasteiger partial charge in [-0.1, -0.05) is 36.4 Å². The standard InChI is InChI=1S/C26H23NO6/c1-30-22-14-19(15-23-25(22)32-13-12-31-23)10-11-24(28)33-21-9-5-8-20(16-21)26(29)27-17-18-6-3-2-4-7-18/h2-11,14-16H,12-13,17H2,1H3,(H,27,29)/b11-10+. The zero-order valence-electron chi connectivity index (χ0n) is 18.1. The summed E-state index contributed by atoms with van der Waals surface area (Å²) < 4.78 is 21.9. The normalized spacial score (nSPS) is 12.3. The Labute approximate surface area is 191 Å².